The van der Waals surface area contributed by atoms with Gasteiger partial charge in [0.15, 0.2) is 0 Å². The van der Waals surface area contributed by atoms with Crippen LogP contribution < -0.4 is 5.46 Å². The highest BCUT2D eigenvalue weighted by Gasteiger charge is 2.40. The van der Waals surface area contributed by atoms with Crippen molar-refractivity contribution < 1.29 is 32.3 Å². The zero-order valence-corrected chi connectivity index (χ0v) is 9.19. The Morgan fingerprint density at radius 1 is 1.22 bits per heavy atom. The molecule has 1 rings (SSSR count). The molecule has 1 aromatic rings. The van der Waals surface area contributed by atoms with Gasteiger partial charge in [-0.3, -0.25) is 0 Å². The molecule has 0 aliphatic rings. The highest BCUT2D eigenvalue weighted by Crippen LogP contribution is 2.23. The Morgan fingerprint density at radius 2 is 1.83 bits per heavy atom. The molecule has 0 radical (unpaired) electrons. The molecule has 100 valence electrons. The van der Waals surface area contributed by atoms with Gasteiger partial charge in [0.1, 0.15) is 6.61 Å². The molecule has 8 heteroatoms. The van der Waals surface area contributed by atoms with E-state index in [1.54, 1.807) is 0 Å². The Hall–Kier alpha value is -1.12. The molecule has 0 saturated heterocycles. The average molecular weight is 266 g/mol. The minimum Gasteiger partial charge on any atom is -0.423 e. The lowest BCUT2D eigenvalue weighted by Gasteiger charge is -2.16. The summed E-state index contributed by atoms with van der Waals surface area (Å²) in [6.07, 6.45) is -3.80. The Bertz CT molecular complexity index is 387. The van der Waals surface area contributed by atoms with Gasteiger partial charge < -0.3 is 14.8 Å². The Kier molecular flexibility index (Phi) is 5.12. The summed E-state index contributed by atoms with van der Waals surface area (Å²) in [4.78, 5) is 0. The molecular formula is C10H11BF4O3. The van der Waals surface area contributed by atoms with E-state index in [9.17, 15) is 17.6 Å². The first-order valence-electron chi connectivity index (χ1n) is 5.02. The zero-order valence-electron chi connectivity index (χ0n) is 9.19. The maximum absolute atomic E-state index is 12.5. The molecule has 0 spiro atoms. The van der Waals surface area contributed by atoms with Crippen LogP contribution in [0.4, 0.5) is 17.6 Å². The summed E-state index contributed by atoms with van der Waals surface area (Å²) >= 11 is 0. The fraction of sp³-hybridized carbons (Fsp3) is 0.400. The van der Waals surface area contributed by atoms with Crippen molar-refractivity contribution in [2.45, 2.75) is 19.0 Å². The van der Waals surface area contributed by atoms with Crippen LogP contribution in [0, 0.1) is 0 Å². The van der Waals surface area contributed by atoms with Crippen molar-refractivity contribution in [1.82, 2.24) is 0 Å². The summed E-state index contributed by atoms with van der Waals surface area (Å²) < 4.78 is 53.2. The van der Waals surface area contributed by atoms with Crippen molar-refractivity contribution in [2.75, 3.05) is 6.61 Å². The third kappa shape index (κ3) is 3.97. The van der Waals surface area contributed by atoms with Crippen molar-refractivity contribution >= 4 is 12.6 Å². The van der Waals surface area contributed by atoms with Crippen LogP contribution in [0.1, 0.15) is 5.56 Å². The number of ether oxygens (including phenoxy) is 1. The molecule has 0 saturated carbocycles. The monoisotopic (exact) mass is 266 g/mol. The van der Waals surface area contributed by atoms with Crippen molar-refractivity contribution in [3.8, 4) is 0 Å². The molecule has 0 amide bonds. The van der Waals surface area contributed by atoms with E-state index in [0.717, 1.165) is 0 Å². The Morgan fingerprint density at radius 3 is 2.39 bits per heavy atom. The topological polar surface area (TPSA) is 49.7 Å². The van der Waals surface area contributed by atoms with E-state index >= 15 is 0 Å². The van der Waals surface area contributed by atoms with Crippen LogP contribution in [0.3, 0.4) is 0 Å². The minimum absolute atomic E-state index is 0.0814. The van der Waals surface area contributed by atoms with E-state index in [2.05, 4.69) is 4.74 Å². The minimum atomic E-state index is -4.22. The summed E-state index contributed by atoms with van der Waals surface area (Å²) in [5.74, 6) is -4.22. The number of alkyl halides is 4. The fourth-order valence-corrected chi connectivity index (χ4v) is 1.28. The van der Waals surface area contributed by atoms with Crippen molar-refractivity contribution in [2.24, 2.45) is 0 Å². The molecule has 0 aliphatic heterocycles. The molecule has 2 N–H and O–H groups in total. The van der Waals surface area contributed by atoms with Crippen molar-refractivity contribution in [3.05, 3.63) is 29.8 Å². The first-order valence-corrected chi connectivity index (χ1v) is 5.02. The number of benzene rings is 1. The van der Waals surface area contributed by atoms with Gasteiger partial charge in [0.2, 0.25) is 0 Å². The molecule has 0 heterocycles. The Balaban J connectivity index is 2.59. The van der Waals surface area contributed by atoms with Gasteiger partial charge in [-0.25, -0.2) is 8.78 Å². The number of hydrogen-bond donors (Lipinski definition) is 2. The molecule has 0 unspecified atom stereocenters. The highest BCUT2D eigenvalue weighted by atomic mass is 19.3. The van der Waals surface area contributed by atoms with Crippen LogP contribution >= 0.6 is 0 Å². The molecule has 18 heavy (non-hydrogen) atoms. The SMILES string of the molecule is OB(O)c1ccccc1COCC(F)(F)C(F)F. The number of rotatable bonds is 6. The molecule has 3 nitrogen and oxygen atoms in total. The second-order valence-electron chi connectivity index (χ2n) is 3.63. The van der Waals surface area contributed by atoms with Gasteiger partial charge in [-0.1, -0.05) is 24.3 Å². The van der Waals surface area contributed by atoms with E-state index in [-0.39, 0.29) is 11.0 Å². The molecular weight excluding hydrogens is 255 g/mol. The molecule has 0 fully saturated rings. The van der Waals surface area contributed by atoms with Crippen LogP contribution in [0.15, 0.2) is 24.3 Å². The van der Waals surface area contributed by atoms with E-state index in [1.807, 2.05) is 0 Å². The summed E-state index contributed by atoms with van der Waals surface area (Å²) in [5.41, 5.74) is 0.329. The van der Waals surface area contributed by atoms with Crippen LogP contribution in [-0.4, -0.2) is 36.1 Å². The van der Waals surface area contributed by atoms with Gasteiger partial charge in [0.25, 0.3) is 0 Å². The predicted octanol–water partition coefficient (Wildman–Crippen LogP) is 0.783. The average Bonchev–Trinajstić information content (AvgIpc) is 2.29. The number of hydrogen-bond acceptors (Lipinski definition) is 3. The summed E-state index contributed by atoms with van der Waals surface area (Å²) in [7, 11) is -1.78. The lowest BCUT2D eigenvalue weighted by Crippen LogP contribution is -2.35. The van der Waals surface area contributed by atoms with Crippen LogP contribution in [0.2, 0.25) is 0 Å². The fourth-order valence-electron chi connectivity index (χ4n) is 1.28. The first kappa shape index (κ1) is 14.9. The standard InChI is InChI=1S/C10H11BF4O3/c12-9(13)10(14,15)6-18-5-7-3-1-2-4-8(7)11(16)17/h1-4,9,16-17H,5-6H2. The van der Waals surface area contributed by atoms with Gasteiger partial charge in [0, 0.05) is 0 Å². The molecule has 0 atom stereocenters. The largest absolute Gasteiger partial charge is 0.488 e. The zero-order chi connectivity index (χ0) is 13.8. The third-order valence-corrected chi connectivity index (χ3v) is 2.20. The van der Waals surface area contributed by atoms with Gasteiger partial charge in [-0.2, -0.15) is 8.78 Å². The quantitative estimate of drug-likeness (QED) is 0.591. The van der Waals surface area contributed by atoms with Crippen LogP contribution in [0.5, 0.6) is 0 Å². The van der Waals surface area contributed by atoms with Gasteiger partial charge in [-0.05, 0) is 11.0 Å². The normalized spacial score (nSPS) is 11.9. The van der Waals surface area contributed by atoms with Crippen LogP contribution in [-0.2, 0) is 11.3 Å². The smallest absolute Gasteiger partial charge is 0.423 e. The predicted molar refractivity (Wildman–Crippen MR) is 56.9 cm³/mol. The second-order valence-corrected chi connectivity index (χ2v) is 3.63. The lowest BCUT2D eigenvalue weighted by atomic mass is 9.77. The van der Waals surface area contributed by atoms with Gasteiger partial charge in [-0.15, -0.1) is 0 Å². The molecule has 1 aromatic carbocycles. The molecule has 0 aromatic heterocycles. The van der Waals surface area contributed by atoms with E-state index in [4.69, 9.17) is 10.0 Å². The summed E-state index contributed by atoms with van der Waals surface area (Å²) in [6.45, 7) is -1.84. The van der Waals surface area contributed by atoms with Gasteiger partial charge in [0.05, 0.1) is 6.61 Å². The third-order valence-electron chi connectivity index (χ3n) is 2.20. The van der Waals surface area contributed by atoms with Crippen molar-refractivity contribution in [3.63, 3.8) is 0 Å². The maximum Gasteiger partial charge on any atom is 0.488 e. The second kappa shape index (κ2) is 6.17. The van der Waals surface area contributed by atoms with Gasteiger partial charge >= 0.3 is 19.5 Å². The molecule has 0 aliphatic carbocycles. The molecule has 0 bridgehead atoms. The Labute approximate surface area is 101 Å². The first-order chi connectivity index (χ1) is 8.34. The summed E-state index contributed by atoms with van der Waals surface area (Å²) in [5, 5.41) is 18.0. The van der Waals surface area contributed by atoms with E-state index in [0.29, 0.717) is 0 Å². The maximum atomic E-state index is 12.5. The number of halogens is 4. The highest BCUT2D eigenvalue weighted by molar-refractivity contribution is 6.59. The lowest BCUT2D eigenvalue weighted by molar-refractivity contribution is -0.168. The summed E-state index contributed by atoms with van der Waals surface area (Å²) in [6, 6.07) is 5.85. The van der Waals surface area contributed by atoms with E-state index < -0.39 is 32.7 Å². The van der Waals surface area contributed by atoms with E-state index in [1.165, 1.54) is 24.3 Å². The van der Waals surface area contributed by atoms with Crippen LogP contribution in [0.25, 0.3) is 0 Å². The van der Waals surface area contributed by atoms with Crippen molar-refractivity contribution in [1.29, 1.82) is 0 Å².